The van der Waals surface area contributed by atoms with Crippen molar-refractivity contribution in [3.8, 4) is 5.69 Å². The number of aliphatic imine (C=N–C) groups is 1. The predicted molar refractivity (Wildman–Crippen MR) is 92.7 cm³/mol. The van der Waals surface area contributed by atoms with E-state index in [1.54, 1.807) is 0 Å². The number of benzene rings is 1. The molecule has 0 saturated heterocycles. The number of nitrogens with zero attached hydrogens (tertiary/aromatic N) is 3. The summed E-state index contributed by atoms with van der Waals surface area (Å²) >= 11 is 0. The summed E-state index contributed by atoms with van der Waals surface area (Å²) in [6.07, 6.45) is 3.91. The second-order valence-electron chi connectivity index (χ2n) is 4.43. The van der Waals surface area contributed by atoms with Gasteiger partial charge in [0.05, 0.1) is 11.4 Å². The quantitative estimate of drug-likeness (QED) is 0.358. The average molecular weight is 385 g/mol. The zero-order chi connectivity index (χ0) is 13.7. The molecule has 4 N–H and O–H groups in total. The molecule has 2 rings (SSSR count). The Bertz CT molecular complexity index is 558. The Kier molecular flexibility index (Phi) is 6.50. The summed E-state index contributed by atoms with van der Waals surface area (Å²) < 4.78 is 1.91. The first-order chi connectivity index (χ1) is 9.16. The molecule has 108 valence electrons. The van der Waals surface area contributed by atoms with Crippen LogP contribution in [0.3, 0.4) is 0 Å². The highest BCUT2D eigenvalue weighted by atomic mass is 127. The number of guanidine groups is 1. The Labute approximate surface area is 136 Å². The van der Waals surface area contributed by atoms with Crippen molar-refractivity contribution in [2.45, 2.75) is 19.8 Å². The van der Waals surface area contributed by atoms with Crippen LogP contribution in [0.2, 0.25) is 0 Å². The summed E-state index contributed by atoms with van der Waals surface area (Å²) in [7, 11) is 0. The zero-order valence-corrected chi connectivity index (χ0v) is 13.8. The SMILES string of the molecule is Cc1nn(-c2ccccc2)cc1CCCN=C(N)N.I. The van der Waals surface area contributed by atoms with Crippen LogP contribution < -0.4 is 11.5 Å². The maximum absolute atomic E-state index is 5.29. The van der Waals surface area contributed by atoms with Crippen LogP contribution in [-0.2, 0) is 6.42 Å². The molecular formula is C14H20IN5. The molecule has 20 heavy (non-hydrogen) atoms. The van der Waals surface area contributed by atoms with Gasteiger partial charge in [0.25, 0.3) is 0 Å². The van der Waals surface area contributed by atoms with Gasteiger partial charge in [-0.1, -0.05) is 18.2 Å². The fourth-order valence-corrected chi connectivity index (χ4v) is 1.93. The fourth-order valence-electron chi connectivity index (χ4n) is 1.93. The van der Waals surface area contributed by atoms with Crippen molar-refractivity contribution in [3.05, 3.63) is 47.8 Å². The summed E-state index contributed by atoms with van der Waals surface area (Å²) in [6.45, 7) is 2.67. The molecule has 0 aliphatic heterocycles. The fraction of sp³-hybridized carbons (Fsp3) is 0.286. The van der Waals surface area contributed by atoms with Gasteiger partial charge in [-0.05, 0) is 37.5 Å². The first-order valence-corrected chi connectivity index (χ1v) is 6.33. The molecule has 0 aliphatic rings. The molecule has 6 heteroatoms. The number of aromatic nitrogens is 2. The van der Waals surface area contributed by atoms with E-state index in [1.165, 1.54) is 5.56 Å². The molecule has 0 amide bonds. The molecule has 0 radical (unpaired) electrons. The summed E-state index contributed by atoms with van der Waals surface area (Å²) in [5, 5.41) is 4.53. The standard InChI is InChI=1S/C14H19N5.HI/c1-11-12(6-5-9-17-14(15)16)10-19(18-11)13-7-3-2-4-8-13;/h2-4,7-8,10H,5-6,9H2,1H3,(H4,15,16,17);1H. The van der Waals surface area contributed by atoms with Crippen molar-refractivity contribution in [1.29, 1.82) is 0 Å². The van der Waals surface area contributed by atoms with Gasteiger partial charge in [-0.2, -0.15) is 5.10 Å². The second kappa shape index (κ2) is 7.88. The topological polar surface area (TPSA) is 82.2 Å². The van der Waals surface area contributed by atoms with Crippen LogP contribution in [0.15, 0.2) is 41.5 Å². The Morgan fingerprint density at radius 1 is 1.25 bits per heavy atom. The normalized spacial score (nSPS) is 9.85. The second-order valence-corrected chi connectivity index (χ2v) is 4.43. The Hall–Kier alpha value is -1.57. The lowest BCUT2D eigenvalue weighted by molar-refractivity contribution is 0.826. The lowest BCUT2D eigenvalue weighted by atomic mass is 10.1. The van der Waals surface area contributed by atoms with Gasteiger partial charge in [-0.15, -0.1) is 24.0 Å². The molecule has 5 nitrogen and oxygen atoms in total. The van der Waals surface area contributed by atoms with Crippen LogP contribution in [0.25, 0.3) is 5.69 Å². The van der Waals surface area contributed by atoms with Gasteiger partial charge in [0.2, 0.25) is 0 Å². The van der Waals surface area contributed by atoms with Gasteiger partial charge in [0, 0.05) is 12.7 Å². The molecule has 0 bridgehead atoms. The van der Waals surface area contributed by atoms with E-state index in [0.29, 0.717) is 6.54 Å². The third-order valence-corrected chi connectivity index (χ3v) is 2.92. The Morgan fingerprint density at radius 3 is 2.60 bits per heavy atom. The molecule has 0 unspecified atom stereocenters. The van der Waals surface area contributed by atoms with E-state index in [-0.39, 0.29) is 29.9 Å². The number of halogens is 1. The van der Waals surface area contributed by atoms with E-state index in [9.17, 15) is 0 Å². The first kappa shape index (κ1) is 16.5. The molecule has 0 saturated carbocycles. The lowest BCUT2D eigenvalue weighted by Crippen LogP contribution is -2.23. The minimum absolute atomic E-state index is 0. The van der Waals surface area contributed by atoms with E-state index in [4.69, 9.17) is 11.5 Å². The van der Waals surface area contributed by atoms with Crippen molar-refractivity contribution < 1.29 is 0 Å². The average Bonchev–Trinajstić information content (AvgIpc) is 2.77. The number of rotatable bonds is 5. The molecule has 1 heterocycles. The van der Waals surface area contributed by atoms with E-state index in [0.717, 1.165) is 24.2 Å². The van der Waals surface area contributed by atoms with Crippen molar-refractivity contribution in [3.63, 3.8) is 0 Å². The summed E-state index contributed by atoms with van der Waals surface area (Å²) in [6, 6.07) is 10.1. The van der Waals surface area contributed by atoms with E-state index >= 15 is 0 Å². The van der Waals surface area contributed by atoms with Crippen LogP contribution in [0, 0.1) is 6.92 Å². The smallest absolute Gasteiger partial charge is 0.185 e. The first-order valence-electron chi connectivity index (χ1n) is 6.33. The monoisotopic (exact) mass is 385 g/mol. The molecule has 0 fully saturated rings. The minimum atomic E-state index is 0. The third-order valence-electron chi connectivity index (χ3n) is 2.92. The van der Waals surface area contributed by atoms with Crippen LogP contribution in [0.5, 0.6) is 0 Å². The Balaban J connectivity index is 0.00000200. The minimum Gasteiger partial charge on any atom is -0.370 e. The van der Waals surface area contributed by atoms with E-state index in [1.807, 2.05) is 41.9 Å². The van der Waals surface area contributed by atoms with Gasteiger partial charge in [0.1, 0.15) is 0 Å². The summed E-state index contributed by atoms with van der Waals surface area (Å²) in [5.41, 5.74) is 13.9. The van der Waals surface area contributed by atoms with Crippen molar-refractivity contribution >= 4 is 29.9 Å². The van der Waals surface area contributed by atoms with Crippen LogP contribution >= 0.6 is 24.0 Å². The number of nitrogens with two attached hydrogens (primary N) is 2. The highest BCUT2D eigenvalue weighted by Crippen LogP contribution is 2.13. The van der Waals surface area contributed by atoms with Gasteiger partial charge in [-0.25, -0.2) is 4.68 Å². The highest BCUT2D eigenvalue weighted by molar-refractivity contribution is 14.0. The van der Waals surface area contributed by atoms with Gasteiger partial charge >= 0.3 is 0 Å². The van der Waals surface area contributed by atoms with Gasteiger partial charge in [-0.3, -0.25) is 4.99 Å². The predicted octanol–water partition coefficient (Wildman–Crippen LogP) is 2.00. The van der Waals surface area contributed by atoms with Crippen LogP contribution in [-0.4, -0.2) is 22.3 Å². The maximum atomic E-state index is 5.29. The number of para-hydroxylation sites is 1. The maximum Gasteiger partial charge on any atom is 0.185 e. The van der Waals surface area contributed by atoms with Crippen LogP contribution in [0.4, 0.5) is 0 Å². The highest BCUT2D eigenvalue weighted by Gasteiger charge is 2.05. The van der Waals surface area contributed by atoms with Gasteiger partial charge < -0.3 is 11.5 Å². The van der Waals surface area contributed by atoms with E-state index in [2.05, 4.69) is 16.3 Å². The lowest BCUT2D eigenvalue weighted by Gasteiger charge is -1.99. The third kappa shape index (κ3) is 4.52. The van der Waals surface area contributed by atoms with Gasteiger partial charge in [0.15, 0.2) is 5.96 Å². The van der Waals surface area contributed by atoms with Crippen LogP contribution in [0.1, 0.15) is 17.7 Å². The number of aryl methyl sites for hydroxylation is 2. The van der Waals surface area contributed by atoms with E-state index < -0.39 is 0 Å². The molecule has 1 aromatic carbocycles. The Morgan fingerprint density at radius 2 is 1.95 bits per heavy atom. The number of hydrogen-bond acceptors (Lipinski definition) is 2. The largest absolute Gasteiger partial charge is 0.370 e. The van der Waals surface area contributed by atoms with Crippen molar-refractivity contribution in [2.75, 3.05) is 6.54 Å². The molecule has 0 aliphatic carbocycles. The zero-order valence-electron chi connectivity index (χ0n) is 11.5. The van der Waals surface area contributed by atoms with Crippen molar-refractivity contribution in [1.82, 2.24) is 9.78 Å². The van der Waals surface area contributed by atoms with Crippen molar-refractivity contribution in [2.24, 2.45) is 16.5 Å². The molecule has 1 aromatic heterocycles. The summed E-state index contributed by atoms with van der Waals surface area (Å²) in [4.78, 5) is 3.98. The molecule has 0 spiro atoms. The number of hydrogen-bond donors (Lipinski definition) is 2. The summed E-state index contributed by atoms with van der Waals surface area (Å²) in [5.74, 6) is 0.150. The molecule has 0 atom stereocenters. The molecular weight excluding hydrogens is 365 g/mol. The molecule has 2 aromatic rings.